The van der Waals surface area contributed by atoms with E-state index < -0.39 is 0 Å². The van der Waals surface area contributed by atoms with Gasteiger partial charge in [0.1, 0.15) is 6.54 Å². The molecule has 0 aliphatic heterocycles. The first-order chi connectivity index (χ1) is 10.1. The normalized spacial score (nSPS) is 14.4. The molecule has 21 heavy (non-hydrogen) atoms. The second-order valence-corrected chi connectivity index (χ2v) is 6.61. The molecule has 1 saturated carbocycles. The predicted octanol–water partition coefficient (Wildman–Crippen LogP) is 2.33. The lowest BCUT2D eigenvalue weighted by Gasteiger charge is -2.22. The van der Waals surface area contributed by atoms with Crippen molar-refractivity contribution in [2.24, 2.45) is 0 Å². The van der Waals surface area contributed by atoms with Crippen LogP contribution in [0.15, 0.2) is 17.5 Å². The molecule has 3 rings (SSSR count). The van der Waals surface area contributed by atoms with Crippen LogP contribution in [0.2, 0.25) is 0 Å². The lowest BCUT2D eigenvalue weighted by atomic mass is 10.3. The maximum atomic E-state index is 12.6. The summed E-state index contributed by atoms with van der Waals surface area (Å²) in [5.41, 5.74) is 8.27. The molecule has 0 bridgehead atoms. The van der Waals surface area contributed by atoms with E-state index in [1.165, 1.54) is 4.88 Å². The van der Waals surface area contributed by atoms with E-state index in [9.17, 15) is 4.79 Å². The summed E-state index contributed by atoms with van der Waals surface area (Å²) in [6.07, 6.45) is 2.22. The van der Waals surface area contributed by atoms with Crippen LogP contribution in [0.5, 0.6) is 0 Å². The molecule has 2 aromatic heterocycles. The number of nitrogens with two attached hydrogens (primary N) is 1. The van der Waals surface area contributed by atoms with Gasteiger partial charge in [-0.25, -0.2) is 0 Å². The van der Waals surface area contributed by atoms with Gasteiger partial charge in [0.2, 0.25) is 5.91 Å². The van der Waals surface area contributed by atoms with Crippen LogP contribution in [0.4, 0.5) is 5.69 Å². The number of carbonyl (C=O) groups excluding carboxylic acids is 1. The summed E-state index contributed by atoms with van der Waals surface area (Å²) in [6, 6.07) is 4.50. The van der Waals surface area contributed by atoms with Gasteiger partial charge in [0.15, 0.2) is 0 Å². The Morgan fingerprint density at radius 1 is 1.52 bits per heavy atom. The number of thiophene rings is 1. The lowest BCUT2D eigenvalue weighted by molar-refractivity contribution is -0.133. The van der Waals surface area contributed by atoms with E-state index in [0.717, 1.165) is 24.2 Å². The first kappa shape index (κ1) is 14.1. The van der Waals surface area contributed by atoms with E-state index in [-0.39, 0.29) is 12.5 Å². The standard InChI is InChI=1S/C15H20N4OS/c1-10-15(16)11(2)19(17-10)9-14(20)18(12-5-6-12)8-13-4-3-7-21-13/h3-4,7,12H,5-6,8-9,16H2,1-2H3. The Kier molecular flexibility index (Phi) is 3.71. The van der Waals surface area contributed by atoms with E-state index in [1.54, 1.807) is 16.0 Å². The minimum absolute atomic E-state index is 0.122. The molecule has 0 atom stereocenters. The van der Waals surface area contributed by atoms with Crippen molar-refractivity contribution in [3.63, 3.8) is 0 Å². The summed E-state index contributed by atoms with van der Waals surface area (Å²) in [7, 11) is 0. The van der Waals surface area contributed by atoms with Crippen LogP contribution in [-0.4, -0.2) is 26.6 Å². The summed E-state index contributed by atoms with van der Waals surface area (Å²) >= 11 is 1.69. The quantitative estimate of drug-likeness (QED) is 0.922. The molecular weight excluding hydrogens is 284 g/mol. The van der Waals surface area contributed by atoms with E-state index in [0.29, 0.717) is 18.3 Å². The zero-order valence-electron chi connectivity index (χ0n) is 12.4. The molecule has 1 aliphatic rings. The molecule has 2 aromatic rings. The second-order valence-electron chi connectivity index (χ2n) is 5.57. The average molecular weight is 304 g/mol. The Morgan fingerprint density at radius 3 is 2.81 bits per heavy atom. The van der Waals surface area contributed by atoms with Crippen LogP contribution < -0.4 is 5.73 Å². The Bertz CT molecular complexity index is 643. The molecule has 0 aromatic carbocycles. The molecule has 0 unspecified atom stereocenters. The highest BCUT2D eigenvalue weighted by Gasteiger charge is 2.33. The molecule has 112 valence electrons. The first-order valence-corrected chi connectivity index (χ1v) is 8.05. The van der Waals surface area contributed by atoms with E-state index in [2.05, 4.69) is 11.2 Å². The molecule has 0 spiro atoms. The maximum Gasteiger partial charge on any atom is 0.244 e. The van der Waals surface area contributed by atoms with Crippen LogP contribution in [0.1, 0.15) is 29.1 Å². The van der Waals surface area contributed by atoms with Crippen molar-refractivity contribution in [3.8, 4) is 0 Å². The van der Waals surface area contributed by atoms with Gasteiger partial charge in [0.05, 0.1) is 23.6 Å². The first-order valence-electron chi connectivity index (χ1n) is 7.17. The van der Waals surface area contributed by atoms with Crippen LogP contribution in [0.3, 0.4) is 0 Å². The third kappa shape index (κ3) is 2.95. The van der Waals surface area contributed by atoms with E-state index in [1.807, 2.05) is 30.2 Å². The molecule has 0 radical (unpaired) electrons. The highest BCUT2D eigenvalue weighted by Crippen LogP contribution is 2.29. The highest BCUT2D eigenvalue weighted by molar-refractivity contribution is 7.09. The molecule has 1 amide bonds. The largest absolute Gasteiger partial charge is 0.396 e. The number of rotatable bonds is 5. The number of aryl methyl sites for hydroxylation is 1. The minimum atomic E-state index is 0.122. The summed E-state index contributed by atoms with van der Waals surface area (Å²) < 4.78 is 1.72. The van der Waals surface area contributed by atoms with Crippen molar-refractivity contribution in [3.05, 3.63) is 33.8 Å². The fraction of sp³-hybridized carbons (Fsp3) is 0.467. The fourth-order valence-electron chi connectivity index (χ4n) is 2.46. The second kappa shape index (κ2) is 5.52. The van der Waals surface area contributed by atoms with Crippen molar-refractivity contribution >= 4 is 22.9 Å². The van der Waals surface area contributed by atoms with Crippen LogP contribution in [-0.2, 0) is 17.9 Å². The molecule has 1 aliphatic carbocycles. The van der Waals surface area contributed by atoms with Crippen molar-refractivity contribution in [1.82, 2.24) is 14.7 Å². The van der Waals surface area contributed by atoms with Crippen LogP contribution in [0, 0.1) is 13.8 Å². The number of hydrogen-bond acceptors (Lipinski definition) is 4. The third-order valence-corrected chi connectivity index (χ3v) is 4.80. The zero-order chi connectivity index (χ0) is 15.0. The maximum absolute atomic E-state index is 12.6. The Balaban J connectivity index is 1.73. The average Bonchev–Trinajstić information content (AvgIpc) is 3.12. The molecule has 5 nitrogen and oxygen atoms in total. The van der Waals surface area contributed by atoms with Gasteiger partial charge in [-0.15, -0.1) is 11.3 Å². The number of carbonyl (C=O) groups is 1. The van der Waals surface area contributed by atoms with E-state index >= 15 is 0 Å². The Labute approximate surface area is 128 Å². The summed E-state index contributed by atoms with van der Waals surface area (Å²) in [5.74, 6) is 0.122. The summed E-state index contributed by atoms with van der Waals surface area (Å²) in [6.45, 7) is 4.75. The SMILES string of the molecule is Cc1nn(CC(=O)N(Cc2cccs2)C2CC2)c(C)c1N. The van der Waals surface area contributed by atoms with Crippen molar-refractivity contribution in [2.75, 3.05) is 5.73 Å². The number of amides is 1. The van der Waals surface area contributed by atoms with Gasteiger partial charge in [-0.2, -0.15) is 5.10 Å². The fourth-order valence-corrected chi connectivity index (χ4v) is 3.16. The Morgan fingerprint density at radius 2 is 2.29 bits per heavy atom. The predicted molar refractivity (Wildman–Crippen MR) is 84.0 cm³/mol. The molecule has 0 saturated heterocycles. The van der Waals surface area contributed by atoms with Gasteiger partial charge in [-0.05, 0) is 38.1 Å². The van der Waals surface area contributed by atoms with Crippen LogP contribution in [0.25, 0.3) is 0 Å². The number of hydrogen-bond donors (Lipinski definition) is 1. The van der Waals surface area contributed by atoms with Gasteiger partial charge in [0, 0.05) is 10.9 Å². The van der Waals surface area contributed by atoms with Gasteiger partial charge in [-0.3, -0.25) is 9.48 Å². The smallest absolute Gasteiger partial charge is 0.244 e. The van der Waals surface area contributed by atoms with Crippen molar-refractivity contribution < 1.29 is 4.79 Å². The van der Waals surface area contributed by atoms with Crippen LogP contribution >= 0.6 is 11.3 Å². The molecular formula is C15H20N4OS. The number of nitrogen functional groups attached to an aromatic ring is 1. The number of aromatic nitrogens is 2. The van der Waals surface area contributed by atoms with E-state index in [4.69, 9.17) is 5.73 Å². The Hall–Kier alpha value is -1.82. The summed E-state index contributed by atoms with van der Waals surface area (Å²) in [4.78, 5) is 15.8. The monoisotopic (exact) mass is 304 g/mol. The van der Waals surface area contributed by atoms with Gasteiger partial charge in [0.25, 0.3) is 0 Å². The molecule has 1 fully saturated rings. The topological polar surface area (TPSA) is 64.2 Å². The number of nitrogens with zero attached hydrogens (tertiary/aromatic N) is 3. The minimum Gasteiger partial charge on any atom is -0.396 e. The highest BCUT2D eigenvalue weighted by atomic mass is 32.1. The zero-order valence-corrected chi connectivity index (χ0v) is 13.2. The van der Waals surface area contributed by atoms with Crippen molar-refractivity contribution in [1.29, 1.82) is 0 Å². The van der Waals surface area contributed by atoms with Gasteiger partial charge >= 0.3 is 0 Å². The van der Waals surface area contributed by atoms with Gasteiger partial charge < -0.3 is 10.6 Å². The number of anilines is 1. The molecule has 2 N–H and O–H groups in total. The van der Waals surface area contributed by atoms with Gasteiger partial charge in [-0.1, -0.05) is 6.07 Å². The molecule has 2 heterocycles. The molecule has 6 heteroatoms. The third-order valence-electron chi connectivity index (χ3n) is 3.94. The lowest BCUT2D eigenvalue weighted by Crippen LogP contribution is -2.35. The summed E-state index contributed by atoms with van der Waals surface area (Å²) in [5, 5.41) is 6.40. The van der Waals surface area contributed by atoms with Crippen molar-refractivity contribution in [2.45, 2.75) is 45.8 Å².